The Labute approximate surface area is 187 Å². The van der Waals surface area contributed by atoms with E-state index in [9.17, 15) is 10.4 Å². The molecule has 1 aliphatic rings. The molecule has 4 rings (SSSR count). The molecule has 0 saturated heterocycles. The van der Waals surface area contributed by atoms with E-state index in [-0.39, 0.29) is 6.61 Å². The van der Waals surface area contributed by atoms with Gasteiger partial charge in [0.1, 0.15) is 11.9 Å². The summed E-state index contributed by atoms with van der Waals surface area (Å²) in [6.45, 7) is 5.87. The molecule has 0 spiro atoms. The van der Waals surface area contributed by atoms with E-state index in [2.05, 4.69) is 31.8 Å². The minimum atomic E-state index is -0.447. The quantitative estimate of drug-likeness (QED) is 0.464. The maximum atomic E-state index is 9.94. The van der Waals surface area contributed by atoms with Crippen molar-refractivity contribution in [3.8, 4) is 17.3 Å². The molecule has 0 saturated carbocycles. The van der Waals surface area contributed by atoms with Crippen LogP contribution in [0.15, 0.2) is 30.5 Å². The first kappa shape index (κ1) is 21.7. The van der Waals surface area contributed by atoms with Crippen LogP contribution >= 0.6 is 0 Å². The standard InChI is InChI=1S/C23H27N7O2/c1-15-9-20(30(29-15)7-4-8-32-3)28-22-25-6-5-19(27-22)16-10-17(12-24)21-18(11-16)23(2,14-31)13-26-21/h5-6,9-11,26,31H,4,7-8,13-14H2,1-3H3,(H,25,27,28)/t23-/m1/s1. The van der Waals surface area contributed by atoms with E-state index in [0.29, 0.717) is 36.9 Å². The lowest BCUT2D eigenvalue weighted by molar-refractivity contribution is 0.189. The Balaban J connectivity index is 1.65. The van der Waals surface area contributed by atoms with Gasteiger partial charge >= 0.3 is 0 Å². The molecule has 0 amide bonds. The highest BCUT2D eigenvalue weighted by Gasteiger charge is 2.35. The fourth-order valence-electron chi connectivity index (χ4n) is 3.93. The van der Waals surface area contributed by atoms with Crippen LogP contribution in [-0.4, -0.2) is 51.7 Å². The summed E-state index contributed by atoms with van der Waals surface area (Å²) in [4.78, 5) is 9.04. The average Bonchev–Trinajstić information content (AvgIpc) is 3.33. The Morgan fingerprint density at radius 3 is 2.97 bits per heavy atom. The Bertz CT molecular complexity index is 1170. The number of nitrogens with zero attached hydrogens (tertiary/aromatic N) is 5. The third kappa shape index (κ3) is 4.15. The lowest BCUT2D eigenvalue weighted by atomic mass is 9.83. The highest BCUT2D eigenvalue weighted by Crippen LogP contribution is 2.41. The highest BCUT2D eigenvalue weighted by atomic mass is 16.5. The highest BCUT2D eigenvalue weighted by molar-refractivity contribution is 5.76. The fourth-order valence-corrected chi connectivity index (χ4v) is 3.93. The molecule has 9 heteroatoms. The average molecular weight is 434 g/mol. The van der Waals surface area contributed by atoms with E-state index in [4.69, 9.17) is 4.74 Å². The molecule has 166 valence electrons. The monoisotopic (exact) mass is 433 g/mol. The molecule has 0 unspecified atom stereocenters. The van der Waals surface area contributed by atoms with Crippen molar-refractivity contribution in [2.45, 2.75) is 32.2 Å². The number of benzene rings is 1. The third-order valence-electron chi connectivity index (χ3n) is 5.73. The number of aromatic nitrogens is 4. The van der Waals surface area contributed by atoms with E-state index in [1.54, 1.807) is 13.3 Å². The zero-order chi connectivity index (χ0) is 22.7. The van der Waals surface area contributed by atoms with Crippen LogP contribution in [0, 0.1) is 18.3 Å². The van der Waals surface area contributed by atoms with Crippen molar-refractivity contribution in [2.24, 2.45) is 0 Å². The fraction of sp³-hybridized carbons (Fsp3) is 0.391. The molecule has 1 aliphatic heterocycles. The molecule has 9 nitrogen and oxygen atoms in total. The second-order valence-corrected chi connectivity index (χ2v) is 8.26. The number of aliphatic hydroxyl groups is 1. The maximum absolute atomic E-state index is 9.94. The smallest absolute Gasteiger partial charge is 0.228 e. The van der Waals surface area contributed by atoms with Gasteiger partial charge in [0.2, 0.25) is 5.95 Å². The number of ether oxygens (including phenoxy) is 1. The predicted octanol–water partition coefficient (Wildman–Crippen LogP) is 2.98. The molecule has 3 heterocycles. The van der Waals surface area contributed by atoms with Gasteiger partial charge in [-0.3, -0.25) is 0 Å². The topological polar surface area (TPSA) is 121 Å². The van der Waals surface area contributed by atoms with Gasteiger partial charge in [0.15, 0.2) is 0 Å². The summed E-state index contributed by atoms with van der Waals surface area (Å²) >= 11 is 0. The minimum Gasteiger partial charge on any atom is -0.395 e. The van der Waals surface area contributed by atoms with E-state index in [1.807, 2.05) is 42.8 Å². The van der Waals surface area contributed by atoms with Crippen molar-refractivity contribution in [1.82, 2.24) is 19.7 Å². The van der Waals surface area contributed by atoms with Crippen LogP contribution in [0.5, 0.6) is 0 Å². The van der Waals surface area contributed by atoms with Crippen LogP contribution in [0.3, 0.4) is 0 Å². The van der Waals surface area contributed by atoms with Crippen LogP contribution in [0.1, 0.15) is 30.2 Å². The Hall–Kier alpha value is -3.48. The van der Waals surface area contributed by atoms with Crippen molar-refractivity contribution < 1.29 is 9.84 Å². The minimum absolute atomic E-state index is 0.00961. The summed E-state index contributed by atoms with van der Waals surface area (Å²) < 4.78 is 7.02. The number of hydrogen-bond donors (Lipinski definition) is 3. The Morgan fingerprint density at radius 2 is 2.22 bits per heavy atom. The zero-order valence-electron chi connectivity index (χ0n) is 18.5. The van der Waals surface area contributed by atoms with E-state index < -0.39 is 5.41 Å². The van der Waals surface area contributed by atoms with Crippen LogP contribution in [-0.2, 0) is 16.7 Å². The largest absolute Gasteiger partial charge is 0.395 e. The summed E-state index contributed by atoms with van der Waals surface area (Å²) in [5.74, 6) is 1.25. The first-order valence-corrected chi connectivity index (χ1v) is 10.5. The van der Waals surface area contributed by atoms with Gasteiger partial charge in [0, 0.05) is 50.0 Å². The van der Waals surface area contributed by atoms with Crippen molar-refractivity contribution in [2.75, 3.05) is 37.5 Å². The first-order valence-electron chi connectivity index (χ1n) is 10.5. The van der Waals surface area contributed by atoms with Crippen LogP contribution in [0.2, 0.25) is 0 Å². The summed E-state index contributed by atoms with van der Waals surface area (Å²) in [6, 6.07) is 9.84. The molecule has 1 aromatic carbocycles. The number of fused-ring (bicyclic) bond motifs is 1. The Morgan fingerprint density at radius 1 is 1.38 bits per heavy atom. The molecular weight excluding hydrogens is 406 g/mol. The normalized spacial score (nSPS) is 17.0. The number of rotatable bonds is 8. The van der Waals surface area contributed by atoms with Gasteiger partial charge in [0.25, 0.3) is 0 Å². The third-order valence-corrected chi connectivity index (χ3v) is 5.73. The molecule has 0 fully saturated rings. The lowest BCUT2D eigenvalue weighted by Crippen LogP contribution is -2.28. The van der Waals surface area contributed by atoms with Gasteiger partial charge < -0.3 is 20.5 Å². The molecule has 0 bridgehead atoms. The predicted molar refractivity (Wildman–Crippen MR) is 122 cm³/mol. The van der Waals surface area contributed by atoms with Crippen LogP contribution in [0.4, 0.5) is 17.5 Å². The Kier molecular flexibility index (Phi) is 6.08. The van der Waals surface area contributed by atoms with E-state index in [0.717, 1.165) is 34.7 Å². The van der Waals surface area contributed by atoms with Crippen LogP contribution in [0.25, 0.3) is 11.3 Å². The van der Waals surface area contributed by atoms with Crippen molar-refractivity contribution in [1.29, 1.82) is 5.26 Å². The summed E-state index contributed by atoms with van der Waals surface area (Å²) in [5, 5.41) is 30.7. The van der Waals surface area contributed by atoms with Crippen molar-refractivity contribution in [3.63, 3.8) is 0 Å². The van der Waals surface area contributed by atoms with Crippen molar-refractivity contribution >= 4 is 17.5 Å². The maximum Gasteiger partial charge on any atom is 0.228 e. The molecule has 3 N–H and O–H groups in total. The number of aliphatic hydroxyl groups excluding tert-OH is 1. The molecule has 0 radical (unpaired) electrons. The number of hydrogen-bond acceptors (Lipinski definition) is 8. The molecule has 32 heavy (non-hydrogen) atoms. The lowest BCUT2D eigenvalue weighted by Gasteiger charge is -2.21. The van der Waals surface area contributed by atoms with Gasteiger partial charge in [-0.2, -0.15) is 10.4 Å². The molecule has 1 atom stereocenters. The molecule has 2 aromatic heterocycles. The summed E-state index contributed by atoms with van der Waals surface area (Å²) in [6.07, 6.45) is 2.53. The van der Waals surface area contributed by atoms with Gasteiger partial charge in [-0.1, -0.05) is 6.92 Å². The number of methoxy groups -OCH3 is 1. The zero-order valence-corrected chi connectivity index (χ0v) is 18.5. The van der Waals surface area contributed by atoms with Gasteiger partial charge in [-0.05, 0) is 37.1 Å². The molecular formula is C23H27N7O2. The van der Waals surface area contributed by atoms with Crippen molar-refractivity contribution in [3.05, 3.63) is 47.3 Å². The van der Waals surface area contributed by atoms with E-state index >= 15 is 0 Å². The van der Waals surface area contributed by atoms with Gasteiger partial charge in [-0.15, -0.1) is 0 Å². The SMILES string of the molecule is COCCCn1nc(C)cc1Nc1nccc(-c2cc(C#N)c3c(c2)[C@@](C)(CO)CN3)n1. The first-order chi connectivity index (χ1) is 15.5. The second kappa shape index (κ2) is 8.94. The van der Waals surface area contributed by atoms with Gasteiger partial charge in [0.05, 0.1) is 29.2 Å². The second-order valence-electron chi connectivity index (χ2n) is 8.26. The van der Waals surface area contributed by atoms with E-state index in [1.165, 1.54) is 0 Å². The number of anilines is 3. The number of nitriles is 1. The van der Waals surface area contributed by atoms with Crippen LogP contribution < -0.4 is 10.6 Å². The summed E-state index contributed by atoms with van der Waals surface area (Å²) in [5.41, 5.74) is 4.19. The molecule has 0 aliphatic carbocycles. The molecule has 3 aromatic rings. The number of aryl methyl sites for hydroxylation is 2. The van der Waals surface area contributed by atoms with Gasteiger partial charge in [-0.25, -0.2) is 14.6 Å². The summed E-state index contributed by atoms with van der Waals surface area (Å²) in [7, 11) is 1.68. The number of nitrogens with one attached hydrogen (secondary N) is 2.